The maximum absolute atomic E-state index is 5.78. The van der Waals surface area contributed by atoms with Crippen molar-refractivity contribution in [1.82, 2.24) is 10.3 Å². The smallest absolute Gasteiger partial charge is 0.219 e. The van der Waals surface area contributed by atoms with E-state index in [1.165, 1.54) is 5.56 Å². The number of hydrogen-bond acceptors (Lipinski definition) is 6. The molecule has 2 aliphatic heterocycles. The number of nitrogens with zero attached hydrogens (tertiary/aromatic N) is 2. The Hall–Kier alpha value is -1.76. The van der Waals surface area contributed by atoms with Gasteiger partial charge in [0, 0.05) is 6.54 Å². The minimum atomic E-state index is -0.748. The standard InChI is InChI=1S/C17H19N3O2S/c1-11-3-5-12(6-4-11)14-13(15-18-7-8-19-15)20-16(23-14)17(2)21-9-10-22-17/h3-6H,7-10H2,1-2H3,(H,18,19). The van der Waals surface area contributed by atoms with Crippen LogP contribution in [0.1, 0.15) is 23.2 Å². The number of hydrogen-bond donors (Lipinski definition) is 1. The van der Waals surface area contributed by atoms with E-state index in [9.17, 15) is 0 Å². The second-order valence-electron chi connectivity index (χ2n) is 5.86. The molecule has 2 aliphatic rings. The van der Waals surface area contributed by atoms with Crippen molar-refractivity contribution in [1.29, 1.82) is 0 Å². The van der Waals surface area contributed by atoms with Crippen LogP contribution in [0.15, 0.2) is 29.3 Å². The van der Waals surface area contributed by atoms with E-state index in [2.05, 4.69) is 41.5 Å². The van der Waals surface area contributed by atoms with Crippen molar-refractivity contribution in [3.63, 3.8) is 0 Å². The number of aryl methyl sites for hydroxylation is 1. The molecular formula is C17H19N3O2S. The van der Waals surface area contributed by atoms with Crippen LogP contribution >= 0.6 is 11.3 Å². The summed E-state index contributed by atoms with van der Waals surface area (Å²) in [5.74, 6) is 0.117. The van der Waals surface area contributed by atoms with Crippen molar-refractivity contribution in [2.75, 3.05) is 26.3 Å². The lowest BCUT2D eigenvalue weighted by Gasteiger charge is -2.18. The SMILES string of the molecule is Cc1ccc(-c2sc(C3(C)OCCO3)nc2C2=NCCN2)cc1. The van der Waals surface area contributed by atoms with Gasteiger partial charge in [-0.05, 0) is 19.4 Å². The zero-order chi connectivity index (χ0) is 15.9. The fraction of sp³-hybridized carbons (Fsp3) is 0.412. The summed E-state index contributed by atoms with van der Waals surface area (Å²) < 4.78 is 11.6. The van der Waals surface area contributed by atoms with E-state index in [0.29, 0.717) is 13.2 Å². The van der Waals surface area contributed by atoms with Crippen molar-refractivity contribution < 1.29 is 9.47 Å². The van der Waals surface area contributed by atoms with Gasteiger partial charge < -0.3 is 14.8 Å². The van der Waals surface area contributed by atoms with Crippen LogP contribution in [-0.4, -0.2) is 37.1 Å². The Morgan fingerprint density at radius 1 is 1.17 bits per heavy atom. The molecule has 1 aromatic carbocycles. The van der Waals surface area contributed by atoms with Crippen molar-refractivity contribution in [3.8, 4) is 10.4 Å². The predicted octanol–water partition coefficient (Wildman–Crippen LogP) is 2.69. The molecule has 120 valence electrons. The summed E-state index contributed by atoms with van der Waals surface area (Å²) in [5.41, 5.74) is 3.28. The van der Waals surface area contributed by atoms with Gasteiger partial charge in [0.1, 0.15) is 11.5 Å². The third-order valence-corrected chi connectivity index (χ3v) is 5.35. The number of thiazole rings is 1. The average molecular weight is 329 g/mol. The monoisotopic (exact) mass is 329 g/mol. The molecule has 1 saturated heterocycles. The van der Waals surface area contributed by atoms with Crippen molar-refractivity contribution in [2.45, 2.75) is 19.6 Å². The summed E-state index contributed by atoms with van der Waals surface area (Å²) in [4.78, 5) is 10.5. The summed E-state index contributed by atoms with van der Waals surface area (Å²) in [6.07, 6.45) is 0. The molecule has 0 amide bonds. The molecule has 1 fully saturated rings. The molecule has 0 spiro atoms. The fourth-order valence-electron chi connectivity index (χ4n) is 2.77. The summed E-state index contributed by atoms with van der Waals surface area (Å²) in [5, 5.41) is 4.17. The molecule has 1 aromatic heterocycles. The summed E-state index contributed by atoms with van der Waals surface area (Å²) in [7, 11) is 0. The van der Waals surface area contributed by atoms with E-state index < -0.39 is 5.79 Å². The first-order chi connectivity index (χ1) is 11.2. The van der Waals surface area contributed by atoms with Gasteiger partial charge in [0.25, 0.3) is 0 Å². The number of ether oxygens (including phenoxy) is 2. The Labute approximate surface area is 139 Å². The van der Waals surface area contributed by atoms with Gasteiger partial charge >= 0.3 is 0 Å². The minimum Gasteiger partial charge on any atom is -0.367 e. The number of amidine groups is 1. The van der Waals surface area contributed by atoms with Gasteiger partial charge in [0.05, 0.1) is 24.6 Å². The summed E-state index contributed by atoms with van der Waals surface area (Å²) in [6, 6.07) is 8.49. The van der Waals surface area contributed by atoms with Crippen molar-refractivity contribution >= 4 is 17.2 Å². The highest BCUT2D eigenvalue weighted by atomic mass is 32.1. The lowest BCUT2D eigenvalue weighted by molar-refractivity contribution is -0.149. The van der Waals surface area contributed by atoms with Crippen LogP contribution in [0.5, 0.6) is 0 Å². The van der Waals surface area contributed by atoms with Gasteiger partial charge in [0.2, 0.25) is 5.79 Å². The average Bonchev–Trinajstić information content (AvgIpc) is 3.28. The van der Waals surface area contributed by atoms with Gasteiger partial charge in [0.15, 0.2) is 5.01 Å². The molecular weight excluding hydrogens is 310 g/mol. The molecule has 0 radical (unpaired) electrons. The van der Waals surface area contributed by atoms with E-state index in [1.54, 1.807) is 11.3 Å². The highest BCUT2D eigenvalue weighted by Crippen LogP contribution is 2.39. The molecule has 0 aliphatic carbocycles. The van der Waals surface area contributed by atoms with Crippen LogP contribution in [0.2, 0.25) is 0 Å². The number of nitrogens with one attached hydrogen (secondary N) is 1. The highest BCUT2D eigenvalue weighted by Gasteiger charge is 2.38. The van der Waals surface area contributed by atoms with E-state index in [0.717, 1.165) is 40.1 Å². The van der Waals surface area contributed by atoms with E-state index in [1.807, 2.05) is 6.92 Å². The Balaban J connectivity index is 1.82. The molecule has 0 unspecified atom stereocenters. The molecule has 0 saturated carbocycles. The maximum Gasteiger partial charge on any atom is 0.219 e. The summed E-state index contributed by atoms with van der Waals surface area (Å²) >= 11 is 1.62. The zero-order valence-corrected chi connectivity index (χ0v) is 14.1. The normalized spacial score (nSPS) is 19.7. The molecule has 4 rings (SSSR count). The number of aromatic nitrogens is 1. The predicted molar refractivity (Wildman–Crippen MR) is 90.9 cm³/mol. The molecule has 0 bridgehead atoms. The van der Waals surface area contributed by atoms with Crippen LogP contribution in [0.25, 0.3) is 10.4 Å². The van der Waals surface area contributed by atoms with Gasteiger partial charge in [-0.2, -0.15) is 0 Å². The highest BCUT2D eigenvalue weighted by molar-refractivity contribution is 7.15. The maximum atomic E-state index is 5.78. The Kier molecular flexibility index (Phi) is 3.67. The summed E-state index contributed by atoms with van der Waals surface area (Å²) in [6.45, 7) is 6.88. The zero-order valence-electron chi connectivity index (χ0n) is 13.3. The fourth-order valence-corrected chi connectivity index (χ4v) is 3.90. The van der Waals surface area contributed by atoms with Crippen LogP contribution in [0.3, 0.4) is 0 Å². The Morgan fingerprint density at radius 2 is 1.91 bits per heavy atom. The molecule has 3 heterocycles. The van der Waals surface area contributed by atoms with Crippen molar-refractivity contribution in [3.05, 3.63) is 40.5 Å². The topological polar surface area (TPSA) is 55.7 Å². The van der Waals surface area contributed by atoms with Crippen molar-refractivity contribution in [2.24, 2.45) is 4.99 Å². The van der Waals surface area contributed by atoms with E-state index in [4.69, 9.17) is 14.5 Å². The Bertz CT molecular complexity index is 746. The number of benzene rings is 1. The van der Waals surface area contributed by atoms with Crippen LogP contribution in [-0.2, 0) is 15.3 Å². The van der Waals surface area contributed by atoms with E-state index in [-0.39, 0.29) is 0 Å². The first-order valence-electron chi connectivity index (χ1n) is 7.81. The number of rotatable bonds is 3. The molecule has 5 nitrogen and oxygen atoms in total. The first-order valence-corrected chi connectivity index (χ1v) is 8.62. The third kappa shape index (κ3) is 2.67. The Morgan fingerprint density at radius 3 is 2.57 bits per heavy atom. The molecule has 0 atom stereocenters. The number of aliphatic imine (C=N–C) groups is 1. The lowest BCUT2D eigenvalue weighted by Crippen LogP contribution is -2.24. The third-order valence-electron chi connectivity index (χ3n) is 4.07. The van der Waals surface area contributed by atoms with Gasteiger partial charge in [-0.3, -0.25) is 4.99 Å². The first kappa shape index (κ1) is 14.8. The van der Waals surface area contributed by atoms with Gasteiger partial charge in [-0.1, -0.05) is 29.8 Å². The molecule has 1 N–H and O–H groups in total. The van der Waals surface area contributed by atoms with Crippen LogP contribution in [0, 0.1) is 6.92 Å². The van der Waals surface area contributed by atoms with Gasteiger partial charge in [-0.25, -0.2) is 4.98 Å². The van der Waals surface area contributed by atoms with Gasteiger partial charge in [-0.15, -0.1) is 11.3 Å². The molecule has 23 heavy (non-hydrogen) atoms. The second kappa shape index (κ2) is 5.70. The molecule has 2 aromatic rings. The minimum absolute atomic E-state index is 0.602. The second-order valence-corrected chi connectivity index (χ2v) is 6.86. The van der Waals surface area contributed by atoms with E-state index >= 15 is 0 Å². The largest absolute Gasteiger partial charge is 0.367 e. The molecule has 6 heteroatoms. The van der Waals surface area contributed by atoms with Crippen LogP contribution in [0.4, 0.5) is 0 Å². The lowest BCUT2D eigenvalue weighted by atomic mass is 10.1. The van der Waals surface area contributed by atoms with Crippen LogP contribution < -0.4 is 5.32 Å². The quantitative estimate of drug-likeness (QED) is 0.941.